The Morgan fingerprint density at radius 3 is 2.69 bits per heavy atom. The van der Waals surface area contributed by atoms with Crippen LogP contribution in [0.5, 0.6) is 11.6 Å². The van der Waals surface area contributed by atoms with Crippen LogP contribution < -0.4 is 9.47 Å². The molecule has 1 heterocycles. The van der Waals surface area contributed by atoms with Crippen molar-refractivity contribution in [2.24, 2.45) is 4.99 Å². The van der Waals surface area contributed by atoms with E-state index in [0.29, 0.717) is 11.4 Å². The SMILES string of the molecule is CCN(C)/C=N/c1cc(Cl)c(OC(C)COc2cccc(C(F)(F)F)c2)nc1C. The summed E-state index contributed by atoms with van der Waals surface area (Å²) < 4.78 is 49.4. The lowest BCUT2D eigenvalue weighted by atomic mass is 10.2. The van der Waals surface area contributed by atoms with Crippen LogP contribution in [-0.2, 0) is 6.18 Å². The number of benzene rings is 1. The molecule has 0 radical (unpaired) electrons. The van der Waals surface area contributed by atoms with Gasteiger partial charge in [-0.1, -0.05) is 17.7 Å². The highest BCUT2D eigenvalue weighted by atomic mass is 35.5. The van der Waals surface area contributed by atoms with E-state index in [2.05, 4.69) is 9.98 Å². The van der Waals surface area contributed by atoms with Gasteiger partial charge in [0.25, 0.3) is 0 Å². The van der Waals surface area contributed by atoms with Crippen molar-refractivity contribution in [3.8, 4) is 11.6 Å². The van der Waals surface area contributed by atoms with Crippen LogP contribution in [0.25, 0.3) is 0 Å². The fourth-order valence-electron chi connectivity index (χ4n) is 2.21. The number of nitrogens with zero attached hydrogens (tertiary/aromatic N) is 3. The molecule has 1 aromatic heterocycles. The van der Waals surface area contributed by atoms with E-state index in [-0.39, 0.29) is 23.3 Å². The fourth-order valence-corrected chi connectivity index (χ4v) is 2.40. The molecule has 29 heavy (non-hydrogen) atoms. The summed E-state index contributed by atoms with van der Waals surface area (Å²) in [7, 11) is 1.90. The van der Waals surface area contributed by atoms with Crippen LogP contribution in [0, 0.1) is 6.92 Å². The third-order valence-electron chi connectivity index (χ3n) is 3.96. The predicted octanol–water partition coefficient (Wildman–Crippen LogP) is 5.52. The molecule has 9 heteroatoms. The van der Waals surface area contributed by atoms with Gasteiger partial charge in [0.05, 0.1) is 23.3 Å². The minimum absolute atomic E-state index is 0.0273. The van der Waals surface area contributed by atoms with Gasteiger partial charge < -0.3 is 14.4 Å². The zero-order valence-corrected chi connectivity index (χ0v) is 17.4. The molecule has 0 fully saturated rings. The van der Waals surface area contributed by atoms with Crippen molar-refractivity contribution in [3.05, 3.63) is 46.6 Å². The summed E-state index contributed by atoms with van der Waals surface area (Å²) >= 11 is 6.24. The van der Waals surface area contributed by atoms with Crippen molar-refractivity contribution in [1.29, 1.82) is 0 Å². The molecule has 0 spiro atoms. The van der Waals surface area contributed by atoms with Gasteiger partial charge in [-0.05, 0) is 45.0 Å². The zero-order valence-electron chi connectivity index (χ0n) is 16.6. The molecule has 1 unspecified atom stereocenters. The lowest BCUT2D eigenvalue weighted by Gasteiger charge is -2.17. The molecule has 5 nitrogen and oxygen atoms in total. The Hall–Kier alpha value is -2.48. The first-order valence-electron chi connectivity index (χ1n) is 8.98. The molecule has 158 valence electrons. The third kappa shape index (κ3) is 6.81. The number of pyridine rings is 1. The Morgan fingerprint density at radius 1 is 1.31 bits per heavy atom. The number of ether oxygens (including phenoxy) is 2. The molecule has 2 aromatic rings. The van der Waals surface area contributed by atoms with Gasteiger partial charge in [-0.3, -0.25) is 0 Å². The normalized spacial score (nSPS) is 12.8. The number of aliphatic imine (C=N–C) groups is 1. The van der Waals surface area contributed by atoms with E-state index in [1.165, 1.54) is 12.1 Å². The number of aromatic nitrogens is 1. The monoisotopic (exact) mass is 429 g/mol. The van der Waals surface area contributed by atoms with Gasteiger partial charge in [0.15, 0.2) is 0 Å². The molecule has 2 rings (SSSR count). The Labute approximate surface area is 173 Å². The summed E-state index contributed by atoms with van der Waals surface area (Å²) in [6.07, 6.45) is -3.23. The quantitative estimate of drug-likeness (QED) is 0.409. The second-order valence-electron chi connectivity index (χ2n) is 6.46. The standard InChI is InChI=1S/C20H23ClF3N3O2/c1-5-27(4)12-25-18-10-17(21)19(26-14(18)3)29-13(2)11-28-16-8-6-7-15(9-16)20(22,23)24/h6-10,12-13H,5,11H2,1-4H3/b25-12+. The van der Waals surface area contributed by atoms with Crippen molar-refractivity contribution in [2.75, 3.05) is 20.2 Å². The van der Waals surface area contributed by atoms with E-state index in [4.69, 9.17) is 21.1 Å². The van der Waals surface area contributed by atoms with Crippen molar-refractivity contribution < 1.29 is 22.6 Å². The van der Waals surface area contributed by atoms with Crippen LogP contribution in [0.1, 0.15) is 25.1 Å². The molecule has 0 bridgehead atoms. The third-order valence-corrected chi connectivity index (χ3v) is 4.23. The first kappa shape index (κ1) is 22.8. The molecular formula is C20H23ClF3N3O2. The second kappa shape index (κ2) is 9.82. The van der Waals surface area contributed by atoms with E-state index in [0.717, 1.165) is 18.7 Å². The Morgan fingerprint density at radius 2 is 2.03 bits per heavy atom. The predicted molar refractivity (Wildman–Crippen MR) is 107 cm³/mol. The first-order valence-corrected chi connectivity index (χ1v) is 9.36. The van der Waals surface area contributed by atoms with Crippen LogP contribution in [0.3, 0.4) is 0 Å². The van der Waals surface area contributed by atoms with Gasteiger partial charge in [0, 0.05) is 13.6 Å². The summed E-state index contributed by atoms with van der Waals surface area (Å²) in [5.74, 6) is 0.322. The van der Waals surface area contributed by atoms with Crippen LogP contribution in [-0.4, -0.2) is 42.5 Å². The highest BCUT2D eigenvalue weighted by Crippen LogP contribution is 2.32. The van der Waals surface area contributed by atoms with Crippen molar-refractivity contribution in [3.63, 3.8) is 0 Å². The lowest BCUT2D eigenvalue weighted by Crippen LogP contribution is -2.22. The van der Waals surface area contributed by atoms with Crippen LogP contribution in [0.4, 0.5) is 18.9 Å². The summed E-state index contributed by atoms with van der Waals surface area (Å²) in [5, 5.41) is 0.285. The van der Waals surface area contributed by atoms with E-state index >= 15 is 0 Å². The zero-order chi connectivity index (χ0) is 21.6. The second-order valence-corrected chi connectivity index (χ2v) is 6.87. The summed E-state index contributed by atoms with van der Waals surface area (Å²) in [6, 6.07) is 6.33. The average molecular weight is 430 g/mol. The maximum atomic E-state index is 12.8. The summed E-state index contributed by atoms with van der Waals surface area (Å²) in [4.78, 5) is 10.6. The van der Waals surface area contributed by atoms with E-state index in [1.807, 2.05) is 18.9 Å². The average Bonchev–Trinajstić information content (AvgIpc) is 2.67. The fraction of sp³-hybridized carbons (Fsp3) is 0.400. The minimum Gasteiger partial charge on any atom is -0.490 e. The van der Waals surface area contributed by atoms with Gasteiger partial charge in [-0.25, -0.2) is 9.98 Å². The van der Waals surface area contributed by atoms with Crippen molar-refractivity contribution in [1.82, 2.24) is 9.88 Å². The molecule has 1 atom stereocenters. The molecule has 0 saturated carbocycles. The largest absolute Gasteiger partial charge is 0.490 e. The number of hydrogen-bond acceptors (Lipinski definition) is 4. The lowest BCUT2D eigenvalue weighted by molar-refractivity contribution is -0.137. The number of hydrogen-bond donors (Lipinski definition) is 0. The number of aryl methyl sites for hydroxylation is 1. The van der Waals surface area contributed by atoms with Crippen molar-refractivity contribution >= 4 is 23.6 Å². The van der Waals surface area contributed by atoms with E-state index in [1.54, 1.807) is 26.3 Å². The molecule has 0 saturated heterocycles. The maximum Gasteiger partial charge on any atom is 0.416 e. The molecular weight excluding hydrogens is 407 g/mol. The molecule has 1 aromatic carbocycles. The number of halogens is 4. The molecule has 0 N–H and O–H groups in total. The molecule has 0 aliphatic rings. The summed E-state index contributed by atoms with van der Waals surface area (Å²) in [5.41, 5.74) is 0.487. The number of rotatable bonds is 8. The van der Waals surface area contributed by atoms with Crippen LogP contribution >= 0.6 is 11.6 Å². The molecule has 0 amide bonds. The maximum absolute atomic E-state index is 12.8. The highest BCUT2D eigenvalue weighted by Gasteiger charge is 2.30. The van der Waals surface area contributed by atoms with Gasteiger partial charge in [-0.2, -0.15) is 13.2 Å². The number of alkyl halides is 3. The van der Waals surface area contributed by atoms with Gasteiger partial charge in [0.2, 0.25) is 5.88 Å². The topological polar surface area (TPSA) is 47.0 Å². The Balaban J connectivity index is 2.01. The molecule has 0 aliphatic heterocycles. The first-order chi connectivity index (χ1) is 13.6. The van der Waals surface area contributed by atoms with Gasteiger partial charge in [-0.15, -0.1) is 0 Å². The van der Waals surface area contributed by atoms with Crippen LogP contribution in [0.2, 0.25) is 5.02 Å². The smallest absolute Gasteiger partial charge is 0.416 e. The van der Waals surface area contributed by atoms with Gasteiger partial charge in [0.1, 0.15) is 23.5 Å². The van der Waals surface area contributed by atoms with E-state index < -0.39 is 17.8 Å². The van der Waals surface area contributed by atoms with Gasteiger partial charge >= 0.3 is 6.18 Å². The molecule has 0 aliphatic carbocycles. The highest BCUT2D eigenvalue weighted by molar-refractivity contribution is 6.32. The summed E-state index contributed by atoms with van der Waals surface area (Å²) in [6.45, 7) is 6.34. The van der Waals surface area contributed by atoms with Crippen molar-refractivity contribution in [2.45, 2.75) is 33.1 Å². The minimum atomic E-state index is -4.42. The van der Waals surface area contributed by atoms with E-state index in [9.17, 15) is 13.2 Å². The Bertz CT molecular complexity index is 859. The van der Waals surface area contributed by atoms with Crippen LogP contribution in [0.15, 0.2) is 35.3 Å². The Kier molecular flexibility index (Phi) is 7.73.